The summed E-state index contributed by atoms with van der Waals surface area (Å²) in [6.45, 7) is 4.14. The summed E-state index contributed by atoms with van der Waals surface area (Å²) in [5.41, 5.74) is 3.68. The number of rotatable bonds is 4. The van der Waals surface area contributed by atoms with Crippen molar-refractivity contribution in [3.05, 3.63) is 59.7 Å². The van der Waals surface area contributed by atoms with Gasteiger partial charge in [-0.1, -0.05) is 42.1 Å². The number of amides is 2. The standard InChI is InChI=1S/C22H24N4O2S/c1-16(27)25-11-6-12-26(14-13-25)21(28)18-8-3-2-7-17(18)15-29-22-23-19-9-4-5-10-20(19)24-22/h2-5,7-10H,6,11-15H2,1H3,(H,23,24). The van der Waals surface area contributed by atoms with E-state index in [0.717, 1.165) is 33.7 Å². The number of nitrogens with one attached hydrogen (secondary N) is 1. The second-order valence-electron chi connectivity index (χ2n) is 7.16. The van der Waals surface area contributed by atoms with Crippen molar-refractivity contribution in [2.75, 3.05) is 26.2 Å². The fourth-order valence-electron chi connectivity index (χ4n) is 3.60. The summed E-state index contributed by atoms with van der Waals surface area (Å²) in [6, 6.07) is 15.7. The van der Waals surface area contributed by atoms with Crippen molar-refractivity contribution in [2.45, 2.75) is 24.3 Å². The van der Waals surface area contributed by atoms with Crippen LogP contribution < -0.4 is 0 Å². The summed E-state index contributed by atoms with van der Waals surface area (Å²) in [6.07, 6.45) is 0.807. The van der Waals surface area contributed by atoms with E-state index in [0.29, 0.717) is 31.9 Å². The van der Waals surface area contributed by atoms with Crippen LogP contribution in [0.1, 0.15) is 29.3 Å². The molecule has 1 aliphatic heterocycles. The quantitative estimate of drug-likeness (QED) is 0.671. The van der Waals surface area contributed by atoms with Crippen LogP contribution in [-0.4, -0.2) is 57.8 Å². The zero-order chi connectivity index (χ0) is 20.2. The molecule has 3 aromatic rings. The van der Waals surface area contributed by atoms with Crippen LogP contribution in [0.4, 0.5) is 0 Å². The molecule has 1 N–H and O–H groups in total. The fourth-order valence-corrected chi connectivity index (χ4v) is 4.49. The van der Waals surface area contributed by atoms with Crippen LogP contribution in [0.5, 0.6) is 0 Å². The van der Waals surface area contributed by atoms with E-state index in [1.54, 1.807) is 18.7 Å². The van der Waals surface area contributed by atoms with Gasteiger partial charge in [-0.25, -0.2) is 4.98 Å². The molecule has 7 heteroatoms. The monoisotopic (exact) mass is 408 g/mol. The SMILES string of the molecule is CC(=O)N1CCCN(C(=O)c2ccccc2CSc2nc3ccccc3[nH]2)CC1. The van der Waals surface area contributed by atoms with Crippen LogP contribution in [0.3, 0.4) is 0 Å². The number of carbonyl (C=O) groups excluding carboxylic acids is 2. The molecule has 1 aliphatic rings. The molecule has 0 spiro atoms. The number of hydrogen-bond acceptors (Lipinski definition) is 4. The van der Waals surface area contributed by atoms with Crippen molar-refractivity contribution in [2.24, 2.45) is 0 Å². The van der Waals surface area contributed by atoms with Crippen LogP contribution in [0.25, 0.3) is 11.0 Å². The van der Waals surface area contributed by atoms with Crippen molar-refractivity contribution in [3.8, 4) is 0 Å². The minimum Gasteiger partial charge on any atom is -0.341 e. The largest absolute Gasteiger partial charge is 0.341 e. The highest BCUT2D eigenvalue weighted by Gasteiger charge is 2.23. The number of fused-ring (bicyclic) bond motifs is 1. The van der Waals surface area contributed by atoms with E-state index in [-0.39, 0.29) is 11.8 Å². The highest BCUT2D eigenvalue weighted by atomic mass is 32.2. The van der Waals surface area contributed by atoms with Crippen molar-refractivity contribution in [1.29, 1.82) is 0 Å². The predicted octanol–water partition coefficient (Wildman–Crippen LogP) is 3.55. The van der Waals surface area contributed by atoms with E-state index in [1.807, 2.05) is 58.3 Å². The van der Waals surface area contributed by atoms with Crippen molar-refractivity contribution in [3.63, 3.8) is 0 Å². The molecular formula is C22H24N4O2S. The van der Waals surface area contributed by atoms with Gasteiger partial charge in [0.2, 0.25) is 5.91 Å². The molecule has 4 rings (SSSR count). The molecule has 0 atom stereocenters. The van der Waals surface area contributed by atoms with Crippen LogP contribution >= 0.6 is 11.8 Å². The van der Waals surface area contributed by atoms with Gasteiger partial charge in [0.05, 0.1) is 11.0 Å². The first-order chi connectivity index (χ1) is 14.1. The smallest absolute Gasteiger partial charge is 0.254 e. The molecule has 0 aliphatic carbocycles. The third-order valence-electron chi connectivity index (χ3n) is 5.21. The molecule has 1 saturated heterocycles. The second-order valence-corrected chi connectivity index (χ2v) is 8.12. The maximum absolute atomic E-state index is 13.2. The topological polar surface area (TPSA) is 69.3 Å². The van der Waals surface area contributed by atoms with Crippen molar-refractivity contribution < 1.29 is 9.59 Å². The zero-order valence-electron chi connectivity index (χ0n) is 16.4. The molecule has 0 unspecified atom stereocenters. The lowest BCUT2D eigenvalue weighted by molar-refractivity contribution is -0.128. The van der Waals surface area contributed by atoms with Gasteiger partial charge in [-0.05, 0) is 30.2 Å². The molecule has 6 nitrogen and oxygen atoms in total. The predicted molar refractivity (Wildman–Crippen MR) is 115 cm³/mol. The molecule has 2 aromatic carbocycles. The lowest BCUT2D eigenvalue weighted by atomic mass is 10.1. The molecular weight excluding hydrogens is 384 g/mol. The Hall–Kier alpha value is -2.80. The Morgan fingerprint density at radius 2 is 1.72 bits per heavy atom. The maximum Gasteiger partial charge on any atom is 0.254 e. The summed E-state index contributed by atoms with van der Waals surface area (Å²) in [7, 11) is 0. The highest BCUT2D eigenvalue weighted by Crippen LogP contribution is 2.25. The average molecular weight is 409 g/mol. The Bertz CT molecular complexity index is 999. The first-order valence-electron chi connectivity index (χ1n) is 9.82. The van der Waals surface area contributed by atoms with Crippen LogP contribution in [-0.2, 0) is 10.5 Å². The number of aromatic nitrogens is 2. The zero-order valence-corrected chi connectivity index (χ0v) is 17.2. The number of aromatic amines is 1. The van der Waals surface area contributed by atoms with Gasteiger partial charge >= 0.3 is 0 Å². The molecule has 0 radical (unpaired) electrons. The summed E-state index contributed by atoms with van der Waals surface area (Å²) < 4.78 is 0. The Morgan fingerprint density at radius 3 is 2.55 bits per heavy atom. The van der Waals surface area contributed by atoms with Gasteiger partial charge in [-0.15, -0.1) is 0 Å². The number of hydrogen-bond donors (Lipinski definition) is 1. The Kier molecular flexibility index (Phi) is 5.85. The Labute approximate surface area is 174 Å². The highest BCUT2D eigenvalue weighted by molar-refractivity contribution is 7.98. The molecule has 2 amide bonds. The third-order valence-corrected chi connectivity index (χ3v) is 6.13. The molecule has 29 heavy (non-hydrogen) atoms. The number of para-hydroxylation sites is 2. The Morgan fingerprint density at radius 1 is 1.00 bits per heavy atom. The number of thioether (sulfide) groups is 1. The molecule has 150 valence electrons. The van der Waals surface area contributed by atoms with Crippen LogP contribution in [0, 0.1) is 0 Å². The second kappa shape index (κ2) is 8.69. The molecule has 0 saturated carbocycles. The number of imidazole rings is 1. The third kappa shape index (κ3) is 4.45. The fraction of sp³-hybridized carbons (Fsp3) is 0.318. The van der Waals surface area contributed by atoms with Gasteiger partial charge in [-0.3, -0.25) is 9.59 Å². The Balaban J connectivity index is 1.47. The summed E-state index contributed by atoms with van der Waals surface area (Å²) in [4.78, 5) is 36.4. The first-order valence-corrected chi connectivity index (χ1v) is 10.8. The van der Waals surface area contributed by atoms with Gasteiger partial charge in [-0.2, -0.15) is 0 Å². The number of H-pyrrole nitrogens is 1. The normalized spacial score (nSPS) is 14.8. The number of carbonyl (C=O) groups is 2. The van der Waals surface area contributed by atoms with Gasteiger partial charge in [0.1, 0.15) is 0 Å². The van der Waals surface area contributed by atoms with E-state index in [1.165, 1.54) is 0 Å². The molecule has 0 bridgehead atoms. The van der Waals surface area contributed by atoms with Gasteiger partial charge in [0, 0.05) is 44.4 Å². The van der Waals surface area contributed by atoms with E-state index in [9.17, 15) is 9.59 Å². The molecule has 1 aromatic heterocycles. The van der Waals surface area contributed by atoms with E-state index in [2.05, 4.69) is 9.97 Å². The molecule has 2 heterocycles. The van der Waals surface area contributed by atoms with Gasteiger partial charge < -0.3 is 14.8 Å². The van der Waals surface area contributed by atoms with Crippen molar-refractivity contribution >= 4 is 34.6 Å². The summed E-state index contributed by atoms with van der Waals surface area (Å²) >= 11 is 1.60. The maximum atomic E-state index is 13.2. The number of benzene rings is 2. The summed E-state index contributed by atoms with van der Waals surface area (Å²) in [5.74, 6) is 0.771. The first kappa shape index (κ1) is 19.5. The number of nitrogens with zero attached hydrogens (tertiary/aromatic N) is 3. The van der Waals surface area contributed by atoms with Crippen LogP contribution in [0.15, 0.2) is 53.7 Å². The summed E-state index contributed by atoms with van der Waals surface area (Å²) in [5, 5.41) is 0.848. The van der Waals surface area contributed by atoms with E-state index in [4.69, 9.17) is 0 Å². The van der Waals surface area contributed by atoms with Crippen LogP contribution in [0.2, 0.25) is 0 Å². The van der Waals surface area contributed by atoms with Crippen molar-refractivity contribution in [1.82, 2.24) is 19.8 Å². The van der Waals surface area contributed by atoms with Gasteiger partial charge in [0.25, 0.3) is 5.91 Å². The molecule has 1 fully saturated rings. The van der Waals surface area contributed by atoms with E-state index >= 15 is 0 Å². The van der Waals surface area contributed by atoms with E-state index < -0.39 is 0 Å². The minimum atomic E-state index is 0.0382. The average Bonchev–Trinajstić information content (AvgIpc) is 2.98. The lowest BCUT2D eigenvalue weighted by Crippen LogP contribution is -2.36. The lowest BCUT2D eigenvalue weighted by Gasteiger charge is -2.22. The van der Waals surface area contributed by atoms with Gasteiger partial charge in [0.15, 0.2) is 5.16 Å². The minimum absolute atomic E-state index is 0.0382.